The molecule has 0 saturated heterocycles. The topological polar surface area (TPSA) is 52.5 Å². The van der Waals surface area contributed by atoms with Crippen molar-refractivity contribution in [1.82, 2.24) is 15.6 Å². The van der Waals surface area contributed by atoms with E-state index >= 15 is 0 Å². The number of hydrogen-bond donors (Lipinski definition) is 2. The standard InChI is InChI=1S/C20H27ClFN5.HI/c1-4-27(5-2)18-8-6-16(12-17(18)22)14-26-20(23-3)24-11-10-15-7-9-19(21)25-13-15;/h6-9,12-13H,4-5,10-11,14H2,1-3H3,(H2,23,24,26);1H. The first-order valence-electron chi connectivity index (χ1n) is 9.15. The number of nitrogens with zero attached hydrogens (tertiary/aromatic N) is 3. The van der Waals surface area contributed by atoms with Gasteiger partial charge in [-0.1, -0.05) is 23.7 Å². The molecule has 1 aromatic carbocycles. The van der Waals surface area contributed by atoms with Gasteiger partial charge in [-0.2, -0.15) is 0 Å². The highest BCUT2D eigenvalue weighted by atomic mass is 127. The number of guanidine groups is 1. The highest BCUT2D eigenvalue weighted by Crippen LogP contribution is 2.20. The first-order chi connectivity index (χ1) is 13.1. The molecule has 8 heteroatoms. The van der Waals surface area contributed by atoms with E-state index in [4.69, 9.17) is 11.6 Å². The normalized spacial score (nSPS) is 11.0. The molecule has 0 fully saturated rings. The number of pyridine rings is 1. The Labute approximate surface area is 188 Å². The number of rotatable bonds is 8. The molecule has 1 aromatic heterocycles. The minimum atomic E-state index is -0.198. The Balaban J connectivity index is 0.00000392. The van der Waals surface area contributed by atoms with E-state index in [9.17, 15) is 4.39 Å². The molecule has 0 saturated carbocycles. The maximum absolute atomic E-state index is 14.4. The van der Waals surface area contributed by atoms with Crippen molar-refractivity contribution in [1.29, 1.82) is 0 Å². The van der Waals surface area contributed by atoms with E-state index in [1.807, 2.05) is 36.9 Å². The average molecular weight is 520 g/mol. The minimum absolute atomic E-state index is 0. The fourth-order valence-corrected chi connectivity index (χ4v) is 2.88. The molecule has 0 aliphatic heterocycles. The lowest BCUT2D eigenvalue weighted by Gasteiger charge is -2.22. The molecule has 2 aromatic rings. The molecule has 0 radical (unpaired) electrons. The summed E-state index contributed by atoms with van der Waals surface area (Å²) < 4.78 is 14.4. The molecule has 2 N–H and O–H groups in total. The quantitative estimate of drug-likeness (QED) is 0.237. The largest absolute Gasteiger partial charge is 0.370 e. The van der Waals surface area contributed by atoms with Gasteiger partial charge < -0.3 is 15.5 Å². The van der Waals surface area contributed by atoms with Gasteiger partial charge >= 0.3 is 0 Å². The Bertz CT molecular complexity index is 751. The minimum Gasteiger partial charge on any atom is -0.370 e. The molecule has 0 atom stereocenters. The van der Waals surface area contributed by atoms with Crippen LogP contribution in [0.1, 0.15) is 25.0 Å². The molecule has 0 bridgehead atoms. The van der Waals surface area contributed by atoms with E-state index in [2.05, 4.69) is 20.6 Å². The third-order valence-corrected chi connectivity index (χ3v) is 4.52. The average Bonchev–Trinajstić information content (AvgIpc) is 2.68. The maximum Gasteiger partial charge on any atom is 0.191 e. The van der Waals surface area contributed by atoms with Gasteiger partial charge in [-0.15, -0.1) is 24.0 Å². The zero-order valence-corrected chi connectivity index (χ0v) is 19.6. The smallest absolute Gasteiger partial charge is 0.191 e. The zero-order valence-electron chi connectivity index (χ0n) is 16.5. The van der Waals surface area contributed by atoms with Crippen molar-refractivity contribution in [2.24, 2.45) is 4.99 Å². The van der Waals surface area contributed by atoms with Crippen LogP contribution in [-0.2, 0) is 13.0 Å². The molecule has 0 amide bonds. The van der Waals surface area contributed by atoms with Crippen molar-refractivity contribution in [3.05, 3.63) is 58.6 Å². The van der Waals surface area contributed by atoms with E-state index < -0.39 is 0 Å². The zero-order chi connectivity index (χ0) is 19.6. The Kier molecular flexibility index (Phi) is 11.1. The summed E-state index contributed by atoms with van der Waals surface area (Å²) in [6, 6.07) is 9.08. The molecule has 0 aliphatic rings. The number of nitrogens with one attached hydrogen (secondary N) is 2. The summed E-state index contributed by atoms with van der Waals surface area (Å²) >= 11 is 5.79. The van der Waals surface area contributed by atoms with E-state index in [-0.39, 0.29) is 29.8 Å². The van der Waals surface area contributed by atoms with Crippen molar-refractivity contribution >= 4 is 47.2 Å². The Morgan fingerprint density at radius 1 is 1.14 bits per heavy atom. The van der Waals surface area contributed by atoms with E-state index in [0.29, 0.717) is 29.9 Å². The summed E-state index contributed by atoms with van der Waals surface area (Å²) in [5.74, 6) is 0.473. The van der Waals surface area contributed by atoms with Gasteiger partial charge in [-0.25, -0.2) is 9.37 Å². The van der Waals surface area contributed by atoms with Gasteiger partial charge in [-0.3, -0.25) is 4.99 Å². The number of benzene rings is 1. The van der Waals surface area contributed by atoms with Crippen LogP contribution < -0.4 is 15.5 Å². The molecule has 28 heavy (non-hydrogen) atoms. The van der Waals surface area contributed by atoms with Crippen LogP contribution in [0.3, 0.4) is 0 Å². The maximum atomic E-state index is 14.4. The van der Waals surface area contributed by atoms with Crippen molar-refractivity contribution < 1.29 is 4.39 Å². The molecule has 0 unspecified atom stereocenters. The SMILES string of the molecule is CCN(CC)c1ccc(CNC(=NC)NCCc2ccc(Cl)nc2)cc1F.I. The number of hydrogen-bond acceptors (Lipinski definition) is 3. The van der Waals surface area contributed by atoms with Crippen LogP contribution in [0.5, 0.6) is 0 Å². The predicted octanol–water partition coefficient (Wildman–Crippen LogP) is 4.25. The van der Waals surface area contributed by atoms with Gasteiger partial charge in [0.1, 0.15) is 11.0 Å². The van der Waals surface area contributed by atoms with Crippen LogP contribution in [0.25, 0.3) is 0 Å². The molecular formula is C20H28ClFIN5. The fraction of sp³-hybridized carbons (Fsp3) is 0.400. The Morgan fingerprint density at radius 3 is 2.43 bits per heavy atom. The summed E-state index contributed by atoms with van der Waals surface area (Å²) in [7, 11) is 1.71. The van der Waals surface area contributed by atoms with Gasteiger partial charge in [-0.05, 0) is 49.6 Å². The van der Waals surface area contributed by atoms with E-state index in [1.54, 1.807) is 25.4 Å². The predicted molar refractivity (Wildman–Crippen MR) is 127 cm³/mol. The second-order valence-corrected chi connectivity index (χ2v) is 6.44. The summed E-state index contributed by atoms with van der Waals surface area (Å²) in [6.07, 6.45) is 2.57. The first-order valence-corrected chi connectivity index (χ1v) is 9.53. The molecule has 0 spiro atoms. The highest BCUT2D eigenvalue weighted by Gasteiger charge is 2.09. The van der Waals surface area contributed by atoms with Crippen LogP contribution in [0.4, 0.5) is 10.1 Å². The third kappa shape index (κ3) is 7.43. The lowest BCUT2D eigenvalue weighted by atomic mass is 10.2. The monoisotopic (exact) mass is 519 g/mol. The second kappa shape index (κ2) is 12.8. The van der Waals surface area contributed by atoms with Crippen LogP contribution in [0, 0.1) is 5.82 Å². The highest BCUT2D eigenvalue weighted by molar-refractivity contribution is 14.0. The van der Waals surface area contributed by atoms with Gasteiger partial charge in [0.25, 0.3) is 0 Å². The number of aliphatic imine (C=N–C) groups is 1. The van der Waals surface area contributed by atoms with E-state index in [1.165, 1.54) is 0 Å². The number of aromatic nitrogens is 1. The summed E-state index contributed by atoms with van der Waals surface area (Å²) in [6.45, 7) is 6.81. The third-order valence-electron chi connectivity index (χ3n) is 4.29. The van der Waals surface area contributed by atoms with E-state index in [0.717, 1.165) is 30.6 Å². The van der Waals surface area contributed by atoms with Crippen molar-refractivity contribution in [3.63, 3.8) is 0 Å². The lowest BCUT2D eigenvalue weighted by Crippen LogP contribution is -2.37. The molecule has 154 valence electrons. The van der Waals surface area contributed by atoms with Crippen molar-refractivity contribution in [2.45, 2.75) is 26.8 Å². The summed E-state index contributed by atoms with van der Waals surface area (Å²) in [5.41, 5.74) is 2.60. The second-order valence-electron chi connectivity index (χ2n) is 6.05. The van der Waals surface area contributed by atoms with Crippen molar-refractivity contribution in [3.8, 4) is 0 Å². The molecular weight excluding hydrogens is 492 g/mol. The summed E-state index contributed by atoms with van der Waals surface area (Å²) in [4.78, 5) is 10.3. The molecule has 1 heterocycles. The van der Waals surface area contributed by atoms with Crippen LogP contribution in [0.2, 0.25) is 5.15 Å². The Morgan fingerprint density at radius 2 is 1.86 bits per heavy atom. The van der Waals surface area contributed by atoms with Gasteiger partial charge in [0.05, 0.1) is 5.69 Å². The lowest BCUT2D eigenvalue weighted by molar-refractivity contribution is 0.617. The van der Waals surface area contributed by atoms with Crippen molar-refractivity contribution in [2.75, 3.05) is 31.6 Å². The van der Waals surface area contributed by atoms with Crippen LogP contribution in [0.15, 0.2) is 41.5 Å². The van der Waals surface area contributed by atoms with Gasteiger partial charge in [0.2, 0.25) is 0 Å². The van der Waals surface area contributed by atoms with Crippen LogP contribution >= 0.6 is 35.6 Å². The fourth-order valence-electron chi connectivity index (χ4n) is 2.77. The van der Waals surface area contributed by atoms with Gasteiger partial charge in [0.15, 0.2) is 5.96 Å². The number of anilines is 1. The molecule has 0 aliphatic carbocycles. The van der Waals surface area contributed by atoms with Crippen LogP contribution in [-0.4, -0.2) is 37.6 Å². The van der Waals surface area contributed by atoms with Gasteiger partial charge in [0, 0.05) is 39.4 Å². The summed E-state index contributed by atoms with van der Waals surface area (Å²) in [5, 5.41) is 6.94. The number of halogens is 3. The first kappa shape index (κ1) is 24.4. The molecule has 2 rings (SSSR count). The molecule has 5 nitrogen and oxygen atoms in total. The Hall–Kier alpha value is -1.61.